The number of hydrogen-bond donors (Lipinski definition) is 10. The van der Waals surface area contributed by atoms with Crippen molar-refractivity contribution in [2.45, 2.75) is 102 Å². The SMILES string of the molecule is CC(=O)NCCCC(NC(=O)[C@H](Cc1ccccc1)NC(C)=O)C(=O)N1CCCC1C(=O)N[C@H](Cc1ccccc1)C(=O)NC(Cc1c[nH]c2ccccc12)C(=O)NCCCCNC(=N)N. The summed E-state index contributed by atoms with van der Waals surface area (Å²) in [4.78, 5) is 99.5. The van der Waals surface area contributed by atoms with Gasteiger partial charge in [0.25, 0.3) is 0 Å². The lowest BCUT2D eigenvalue weighted by Crippen LogP contribution is -2.59. The van der Waals surface area contributed by atoms with E-state index in [9.17, 15) is 33.6 Å². The number of H-pyrrole nitrogens is 1. The predicted octanol–water partition coefficient (Wildman–Crippen LogP) is 1.44. The molecule has 0 radical (unpaired) electrons. The first kappa shape index (κ1) is 49.8. The van der Waals surface area contributed by atoms with Crippen LogP contribution in [0.5, 0.6) is 0 Å². The number of guanidine groups is 1. The number of likely N-dealkylation sites (tertiary alicyclic amines) is 1. The van der Waals surface area contributed by atoms with Gasteiger partial charge in [0.15, 0.2) is 5.96 Å². The highest BCUT2D eigenvalue weighted by molar-refractivity contribution is 5.97. The largest absolute Gasteiger partial charge is 0.370 e. The summed E-state index contributed by atoms with van der Waals surface area (Å²) in [7, 11) is 0. The molecule has 11 N–H and O–H groups in total. The molecule has 4 aromatic rings. The normalized spacial score (nSPS) is 15.1. The van der Waals surface area contributed by atoms with Gasteiger partial charge in [-0.25, -0.2) is 0 Å². The highest BCUT2D eigenvalue weighted by atomic mass is 16.2. The zero-order chi connectivity index (χ0) is 47.4. The highest BCUT2D eigenvalue weighted by Crippen LogP contribution is 2.22. The molecule has 7 amide bonds. The van der Waals surface area contributed by atoms with Crippen molar-refractivity contribution >= 4 is 58.2 Å². The Bertz CT molecular complexity index is 2290. The Morgan fingerprint density at radius 3 is 1.83 bits per heavy atom. The Morgan fingerprint density at radius 1 is 0.652 bits per heavy atom. The van der Waals surface area contributed by atoms with E-state index < -0.39 is 65.7 Å². The number of aromatic amines is 1. The fourth-order valence-electron chi connectivity index (χ4n) is 8.04. The van der Waals surface area contributed by atoms with Gasteiger partial charge in [0.1, 0.15) is 30.2 Å². The summed E-state index contributed by atoms with van der Waals surface area (Å²) >= 11 is 0. The van der Waals surface area contributed by atoms with Gasteiger partial charge in [-0.1, -0.05) is 78.9 Å². The second-order valence-corrected chi connectivity index (χ2v) is 16.5. The molecular weight excluding hydrogens is 843 g/mol. The van der Waals surface area contributed by atoms with Crippen molar-refractivity contribution in [2.24, 2.45) is 5.73 Å². The first-order valence-electron chi connectivity index (χ1n) is 22.5. The minimum atomic E-state index is -1.15. The molecule has 66 heavy (non-hydrogen) atoms. The lowest BCUT2D eigenvalue weighted by molar-refractivity contribution is -0.142. The molecule has 1 aromatic heterocycles. The van der Waals surface area contributed by atoms with E-state index in [0.717, 1.165) is 27.6 Å². The number of nitrogens with zero attached hydrogens (tertiary/aromatic N) is 1. The minimum Gasteiger partial charge on any atom is -0.370 e. The first-order valence-corrected chi connectivity index (χ1v) is 22.5. The number of aromatic nitrogens is 1. The zero-order valence-corrected chi connectivity index (χ0v) is 37.6. The molecule has 352 valence electrons. The van der Waals surface area contributed by atoms with Crippen LogP contribution < -0.4 is 43.0 Å². The van der Waals surface area contributed by atoms with E-state index in [2.05, 4.69) is 42.2 Å². The van der Waals surface area contributed by atoms with Gasteiger partial charge in [0.05, 0.1) is 0 Å². The average molecular weight is 906 g/mol. The van der Waals surface area contributed by atoms with Gasteiger partial charge in [-0.3, -0.25) is 39.0 Å². The molecule has 1 saturated heterocycles. The maximum absolute atomic E-state index is 14.5. The summed E-state index contributed by atoms with van der Waals surface area (Å²) in [5.41, 5.74) is 8.61. The van der Waals surface area contributed by atoms with Crippen LogP contribution in [0.3, 0.4) is 0 Å². The zero-order valence-electron chi connectivity index (χ0n) is 37.6. The van der Waals surface area contributed by atoms with Crippen molar-refractivity contribution < 1.29 is 33.6 Å². The Balaban J connectivity index is 1.35. The average Bonchev–Trinajstić information content (AvgIpc) is 3.96. The monoisotopic (exact) mass is 905 g/mol. The van der Waals surface area contributed by atoms with Crippen LogP contribution in [-0.4, -0.2) is 114 Å². The second kappa shape index (κ2) is 25.3. The van der Waals surface area contributed by atoms with Crippen LogP contribution in [0.25, 0.3) is 10.9 Å². The molecule has 3 aromatic carbocycles. The summed E-state index contributed by atoms with van der Waals surface area (Å²) in [5.74, 6) is -3.49. The lowest BCUT2D eigenvalue weighted by atomic mass is 10.0. The quantitative estimate of drug-likeness (QED) is 0.0277. The van der Waals surface area contributed by atoms with E-state index in [1.54, 1.807) is 6.20 Å². The molecular formula is C48H63N11O7. The number of fused-ring (bicyclic) bond motifs is 1. The van der Waals surface area contributed by atoms with E-state index >= 15 is 0 Å². The molecule has 5 atom stereocenters. The molecule has 0 aliphatic carbocycles. The third-order valence-electron chi connectivity index (χ3n) is 11.3. The van der Waals surface area contributed by atoms with Crippen LogP contribution in [0.15, 0.2) is 91.1 Å². The van der Waals surface area contributed by atoms with Crippen molar-refractivity contribution in [3.8, 4) is 0 Å². The molecule has 2 heterocycles. The number of benzene rings is 3. The summed E-state index contributed by atoms with van der Waals surface area (Å²) in [6, 6.07) is 20.6. The Labute approximate surface area is 384 Å². The standard InChI is InChI=1S/C48H63N11O7/c1-31(60)51-25-13-21-38(56-44(63)39(55-32(2)61)27-33-15-5-3-6-16-33)47(66)59-26-14-22-42(59)46(65)58-40(28-34-17-7-4-8-18-34)45(64)57-41(43(62)52-23-11-12-24-53-48(49)50)29-35-30-54-37-20-10-9-19-36(35)37/h3-10,15-20,30,38-42,54H,11-14,21-29H2,1-2H3,(H,51,60)(H,52,62)(H,55,61)(H,56,63)(H,57,64)(H,58,65)(H4,49,50,53)/t38?,39-,40+,41?,42?/m0/s1. The van der Waals surface area contributed by atoms with Crippen LogP contribution >= 0.6 is 0 Å². The smallest absolute Gasteiger partial charge is 0.245 e. The van der Waals surface area contributed by atoms with Crippen molar-refractivity contribution in [3.05, 3.63) is 108 Å². The van der Waals surface area contributed by atoms with Crippen molar-refractivity contribution in [1.82, 2.24) is 47.1 Å². The molecule has 5 rings (SSSR count). The van der Waals surface area contributed by atoms with E-state index in [1.165, 1.54) is 18.7 Å². The fourth-order valence-corrected chi connectivity index (χ4v) is 8.04. The van der Waals surface area contributed by atoms with Gasteiger partial charge in [-0.05, 0) is 61.3 Å². The molecule has 3 unspecified atom stereocenters. The molecule has 18 nitrogen and oxygen atoms in total. The second-order valence-electron chi connectivity index (χ2n) is 16.5. The number of carbonyl (C=O) groups excluding carboxylic acids is 7. The highest BCUT2D eigenvalue weighted by Gasteiger charge is 2.40. The van der Waals surface area contributed by atoms with E-state index in [-0.39, 0.29) is 50.6 Å². The van der Waals surface area contributed by atoms with Crippen LogP contribution in [-0.2, 0) is 52.8 Å². The third-order valence-corrected chi connectivity index (χ3v) is 11.3. The van der Waals surface area contributed by atoms with E-state index in [4.69, 9.17) is 11.1 Å². The minimum absolute atomic E-state index is 0.0808. The predicted molar refractivity (Wildman–Crippen MR) is 251 cm³/mol. The maximum Gasteiger partial charge on any atom is 0.245 e. The van der Waals surface area contributed by atoms with Crippen molar-refractivity contribution in [3.63, 3.8) is 0 Å². The molecule has 1 fully saturated rings. The Hall–Kier alpha value is -7.24. The summed E-state index contributed by atoms with van der Waals surface area (Å²) < 4.78 is 0. The summed E-state index contributed by atoms with van der Waals surface area (Å²) in [6.45, 7) is 3.91. The lowest BCUT2D eigenvalue weighted by Gasteiger charge is -2.31. The number of rotatable bonds is 24. The fraction of sp³-hybridized carbons (Fsp3) is 0.417. The number of unbranched alkanes of at least 4 members (excludes halogenated alkanes) is 1. The molecule has 18 heteroatoms. The molecule has 1 aliphatic rings. The van der Waals surface area contributed by atoms with Crippen LogP contribution in [0.4, 0.5) is 0 Å². The third kappa shape index (κ3) is 15.5. The molecule has 1 aliphatic heterocycles. The van der Waals surface area contributed by atoms with Gasteiger partial charge in [0, 0.05) is 76.4 Å². The number of carbonyl (C=O) groups is 7. The molecule has 0 bridgehead atoms. The van der Waals surface area contributed by atoms with Gasteiger partial charge in [-0.15, -0.1) is 0 Å². The number of amides is 7. The number of nitrogens with one attached hydrogen (secondary N) is 9. The molecule has 0 spiro atoms. The van der Waals surface area contributed by atoms with E-state index in [0.29, 0.717) is 45.2 Å². The van der Waals surface area contributed by atoms with E-state index in [1.807, 2.05) is 84.9 Å². The van der Waals surface area contributed by atoms with Gasteiger partial charge < -0.3 is 52.8 Å². The van der Waals surface area contributed by atoms with Gasteiger partial charge >= 0.3 is 0 Å². The van der Waals surface area contributed by atoms with Crippen LogP contribution in [0, 0.1) is 5.41 Å². The van der Waals surface area contributed by atoms with Crippen molar-refractivity contribution in [1.29, 1.82) is 5.41 Å². The Kier molecular flexibility index (Phi) is 19.1. The maximum atomic E-state index is 14.5. The van der Waals surface area contributed by atoms with Crippen LogP contribution in [0.1, 0.15) is 69.1 Å². The van der Waals surface area contributed by atoms with Crippen LogP contribution in [0.2, 0.25) is 0 Å². The summed E-state index contributed by atoms with van der Waals surface area (Å²) in [5, 5.41) is 28.0. The number of para-hydroxylation sites is 1. The molecule has 0 saturated carbocycles. The number of nitrogens with two attached hydrogens (primary N) is 1. The number of hydrogen-bond acceptors (Lipinski definition) is 8. The van der Waals surface area contributed by atoms with Gasteiger partial charge in [-0.2, -0.15) is 0 Å². The van der Waals surface area contributed by atoms with Crippen molar-refractivity contribution in [2.75, 3.05) is 26.2 Å². The first-order chi connectivity index (χ1) is 31.8. The Morgan fingerprint density at radius 2 is 1.21 bits per heavy atom. The van der Waals surface area contributed by atoms with Gasteiger partial charge in [0.2, 0.25) is 41.4 Å². The summed E-state index contributed by atoms with van der Waals surface area (Å²) in [6.07, 6.45) is 4.65. The topological polar surface area (TPSA) is 273 Å².